The van der Waals surface area contributed by atoms with Gasteiger partial charge >= 0.3 is 0 Å². The van der Waals surface area contributed by atoms with Crippen LogP contribution in [0.15, 0.2) is 28.6 Å². The lowest BCUT2D eigenvalue weighted by molar-refractivity contribution is 0.186. The molecule has 0 fully saturated rings. The molecule has 0 bridgehead atoms. The maximum atomic E-state index is 10.8. The highest BCUT2D eigenvalue weighted by atomic mass is 16.6. The van der Waals surface area contributed by atoms with Crippen LogP contribution in [-0.2, 0) is 23.7 Å². The zero-order valence-corrected chi connectivity index (χ0v) is 9.04. The Labute approximate surface area is 87.6 Å². The zero-order chi connectivity index (χ0) is 11.4. The van der Waals surface area contributed by atoms with Crippen LogP contribution >= 0.6 is 0 Å². The fraction of sp³-hybridized carbons (Fsp3) is 0.400. The first kappa shape index (κ1) is 11.2. The van der Waals surface area contributed by atoms with Crippen molar-refractivity contribution in [1.29, 1.82) is 0 Å². The summed E-state index contributed by atoms with van der Waals surface area (Å²) in [7, 11) is 5.76. The average Bonchev–Trinajstić information content (AvgIpc) is 2.59. The molecule has 0 aliphatic heterocycles. The van der Waals surface area contributed by atoms with Crippen LogP contribution in [0, 0.1) is 0 Å². The van der Waals surface area contributed by atoms with Crippen LogP contribution in [0.3, 0.4) is 0 Å². The molecule has 1 rings (SSSR count). The first-order chi connectivity index (χ1) is 7.24. The van der Waals surface area contributed by atoms with Crippen molar-refractivity contribution in [2.75, 3.05) is 28.4 Å². The van der Waals surface area contributed by atoms with Gasteiger partial charge in [-0.2, -0.15) is 0 Å². The van der Waals surface area contributed by atoms with Crippen LogP contribution < -0.4 is 0 Å². The number of rotatable bonds is 4. The highest BCUT2D eigenvalue weighted by molar-refractivity contribution is 5.72. The largest absolute Gasteiger partial charge is 0.491 e. The van der Waals surface area contributed by atoms with Crippen LogP contribution in [0.25, 0.3) is 0 Å². The van der Waals surface area contributed by atoms with Gasteiger partial charge in [0.25, 0.3) is 0 Å². The van der Waals surface area contributed by atoms with Crippen molar-refractivity contribution >= 4 is 5.94 Å². The van der Waals surface area contributed by atoms with Crippen molar-refractivity contribution < 1.29 is 23.7 Å². The number of ether oxygens (including phenoxy) is 4. The quantitative estimate of drug-likeness (QED) is 0.644. The van der Waals surface area contributed by atoms with Crippen molar-refractivity contribution in [3.8, 4) is 0 Å². The lowest BCUT2D eigenvalue weighted by Gasteiger charge is -2.06. The molecule has 0 unspecified atom stereocenters. The summed E-state index contributed by atoms with van der Waals surface area (Å²) in [5.41, 5.74) is 0.161. The molecular formula is C10H12O5. The lowest BCUT2D eigenvalue weighted by atomic mass is 10.3. The minimum atomic E-state index is 0.161. The van der Waals surface area contributed by atoms with Gasteiger partial charge in [-0.05, 0) is 0 Å². The van der Waals surface area contributed by atoms with E-state index in [9.17, 15) is 4.79 Å². The molecule has 0 saturated heterocycles. The standard InChI is InChI=1S/C10H12O5/c1-12-7-6(5-11)8(13-2)10(15-4)9(7)14-3/h1-4H3. The van der Waals surface area contributed by atoms with Crippen molar-refractivity contribution in [3.05, 3.63) is 28.6 Å². The Morgan fingerprint density at radius 2 is 1.07 bits per heavy atom. The molecule has 0 heterocycles. The van der Waals surface area contributed by atoms with Gasteiger partial charge in [-0.3, -0.25) is 0 Å². The van der Waals surface area contributed by atoms with Gasteiger partial charge in [0, 0.05) is 0 Å². The smallest absolute Gasteiger partial charge is 0.208 e. The second-order valence-electron chi connectivity index (χ2n) is 2.61. The summed E-state index contributed by atoms with van der Waals surface area (Å²) in [6.07, 6.45) is 0. The van der Waals surface area contributed by atoms with E-state index in [1.165, 1.54) is 28.4 Å². The lowest BCUT2D eigenvalue weighted by Crippen LogP contribution is -1.96. The van der Waals surface area contributed by atoms with E-state index in [0.29, 0.717) is 11.5 Å². The fourth-order valence-electron chi connectivity index (χ4n) is 1.39. The SMILES string of the molecule is COC1=C(OC)C(OC)=C(OC)C1=C=O. The summed E-state index contributed by atoms with van der Waals surface area (Å²) in [5.74, 6) is 2.92. The molecule has 0 aromatic rings. The maximum Gasteiger partial charge on any atom is 0.208 e. The summed E-state index contributed by atoms with van der Waals surface area (Å²) in [6, 6.07) is 0. The third kappa shape index (κ3) is 1.57. The second kappa shape index (κ2) is 4.57. The van der Waals surface area contributed by atoms with Crippen LogP contribution in [0.1, 0.15) is 0 Å². The van der Waals surface area contributed by atoms with Gasteiger partial charge in [-0.1, -0.05) is 0 Å². The summed E-state index contributed by atoms with van der Waals surface area (Å²) in [6.45, 7) is 0. The van der Waals surface area contributed by atoms with Crippen molar-refractivity contribution in [1.82, 2.24) is 0 Å². The minimum Gasteiger partial charge on any atom is -0.491 e. The molecule has 1 aliphatic carbocycles. The van der Waals surface area contributed by atoms with E-state index in [1.54, 1.807) is 5.94 Å². The van der Waals surface area contributed by atoms with Crippen LogP contribution in [-0.4, -0.2) is 34.4 Å². The molecule has 0 amide bonds. The average molecular weight is 212 g/mol. The van der Waals surface area contributed by atoms with Crippen molar-refractivity contribution in [3.63, 3.8) is 0 Å². The van der Waals surface area contributed by atoms with Gasteiger partial charge in [0.15, 0.2) is 17.1 Å². The van der Waals surface area contributed by atoms with Crippen LogP contribution in [0.2, 0.25) is 0 Å². The van der Waals surface area contributed by atoms with Crippen molar-refractivity contribution in [2.45, 2.75) is 0 Å². The predicted octanol–water partition coefficient (Wildman–Crippen LogP) is 0.767. The molecule has 5 nitrogen and oxygen atoms in total. The monoisotopic (exact) mass is 212 g/mol. The zero-order valence-electron chi connectivity index (χ0n) is 9.04. The van der Waals surface area contributed by atoms with Gasteiger partial charge in [0.1, 0.15) is 5.94 Å². The molecule has 0 aromatic heterocycles. The topological polar surface area (TPSA) is 54.0 Å². The summed E-state index contributed by atoms with van der Waals surface area (Å²) >= 11 is 0. The summed E-state index contributed by atoms with van der Waals surface area (Å²) in [5, 5.41) is 0. The number of hydrogen-bond donors (Lipinski definition) is 0. The fourth-order valence-corrected chi connectivity index (χ4v) is 1.39. The van der Waals surface area contributed by atoms with E-state index in [0.717, 1.165) is 0 Å². The second-order valence-corrected chi connectivity index (χ2v) is 2.61. The van der Waals surface area contributed by atoms with Crippen LogP contribution in [0.5, 0.6) is 0 Å². The molecular weight excluding hydrogens is 200 g/mol. The van der Waals surface area contributed by atoms with Gasteiger partial charge in [-0.25, -0.2) is 4.79 Å². The highest BCUT2D eigenvalue weighted by Crippen LogP contribution is 2.36. The molecule has 0 N–H and O–H groups in total. The van der Waals surface area contributed by atoms with Crippen LogP contribution in [0.4, 0.5) is 0 Å². The number of hydrogen-bond acceptors (Lipinski definition) is 5. The summed E-state index contributed by atoms with van der Waals surface area (Å²) < 4.78 is 20.2. The van der Waals surface area contributed by atoms with Crippen molar-refractivity contribution in [2.24, 2.45) is 0 Å². The molecule has 1 aliphatic rings. The molecule has 0 atom stereocenters. The molecule has 0 saturated carbocycles. The minimum absolute atomic E-state index is 0.161. The van der Waals surface area contributed by atoms with Gasteiger partial charge < -0.3 is 18.9 Å². The highest BCUT2D eigenvalue weighted by Gasteiger charge is 2.35. The first-order valence-corrected chi connectivity index (χ1v) is 4.15. The molecule has 15 heavy (non-hydrogen) atoms. The maximum absolute atomic E-state index is 10.8. The summed E-state index contributed by atoms with van der Waals surface area (Å²) in [4.78, 5) is 10.8. The molecule has 0 aromatic carbocycles. The van der Waals surface area contributed by atoms with E-state index in [1.807, 2.05) is 0 Å². The number of carbonyl (C=O) groups excluding carboxylic acids is 1. The number of methoxy groups -OCH3 is 4. The Bertz CT molecular complexity index is 341. The van der Waals surface area contributed by atoms with Gasteiger partial charge in [0.2, 0.25) is 11.5 Å². The predicted molar refractivity (Wildman–Crippen MR) is 51.3 cm³/mol. The first-order valence-electron chi connectivity index (χ1n) is 4.15. The molecule has 5 heteroatoms. The van der Waals surface area contributed by atoms with E-state index < -0.39 is 0 Å². The Kier molecular flexibility index (Phi) is 3.42. The Hall–Kier alpha value is -1.87. The molecule has 0 radical (unpaired) electrons. The third-order valence-electron chi connectivity index (χ3n) is 1.99. The van der Waals surface area contributed by atoms with Gasteiger partial charge in [-0.15, -0.1) is 0 Å². The van der Waals surface area contributed by atoms with E-state index in [4.69, 9.17) is 18.9 Å². The Morgan fingerprint density at radius 3 is 1.27 bits per heavy atom. The van der Waals surface area contributed by atoms with E-state index in [-0.39, 0.29) is 17.1 Å². The normalized spacial score (nSPS) is 15.3. The van der Waals surface area contributed by atoms with E-state index >= 15 is 0 Å². The Balaban J connectivity index is 3.37. The third-order valence-corrected chi connectivity index (χ3v) is 1.99. The Morgan fingerprint density at radius 1 is 0.733 bits per heavy atom. The molecule has 82 valence electrons. The molecule has 0 spiro atoms. The van der Waals surface area contributed by atoms with Gasteiger partial charge in [0.05, 0.1) is 28.4 Å². The van der Waals surface area contributed by atoms with E-state index in [2.05, 4.69) is 0 Å².